The van der Waals surface area contributed by atoms with Crippen molar-refractivity contribution in [2.45, 2.75) is 25.3 Å². The molecule has 0 radical (unpaired) electrons. The van der Waals surface area contributed by atoms with Crippen molar-refractivity contribution in [1.82, 2.24) is 9.88 Å². The maximum absolute atomic E-state index is 13.1. The fourth-order valence-electron chi connectivity index (χ4n) is 4.07. The minimum Gasteiger partial charge on any atom is -0.378 e. The second kappa shape index (κ2) is 5.93. The van der Waals surface area contributed by atoms with Gasteiger partial charge >= 0.3 is 0 Å². The standard InChI is InChI=1S/C20H23N3O/c1-22(2)16-6-3-5-15(12-16)19-18(7-4-10-21-19)20(24)23-13-14-8-9-17(23)11-14/h3-7,10,12,14,17H,8-9,11,13H2,1-2H3/t14-,17+/m0/s1. The number of piperidine rings is 1. The summed E-state index contributed by atoms with van der Waals surface area (Å²) in [6.45, 7) is 0.912. The third kappa shape index (κ3) is 2.56. The van der Waals surface area contributed by atoms with E-state index in [1.54, 1.807) is 6.20 Å². The quantitative estimate of drug-likeness (QED) is 0.869. The number of carbonyl (C=O) groups is 1. The summed E-state index contributed by atoms with van der Waals surface area (Å²) in [6.07, 6.45) is 5.38. The molecule has 2 aliphatic rings. The van der Waals surface area contributed by atoms with Gasteiger partial charge in [-0.25, -0.2) is 0 Å². The Kier molecular flexibility index (Phi) is 3.75. The first kappa shape index (κ1) is 15.2. The maximum atomic E-state index is 13.1. The third-order valence-electron chi connectivity index (χ3n) is 5.34. The van der Waals surface area contributed by atoms with E-state index in [9.17, 15) is 4.79 Å². The van der Waals surface area contributed by atoms with E-state index in [-0.39, 0.29) is 5.91 Å². The number of likely N-dealkylation sites (tertiary alicyclic amines) is 1. The largest absolute Gasteiger partial charge is 0.378 e. The molecule has 4 rings (SSSR count). The van der Waals surface area contributed by atoms with Crippen LogP contribution in [-0.2, 0) is 0 Å². The average Bonchev–Trinajstić information content (AvgIpc) is 3.24. The van der Waals surface area contributed by atoms with Gasteiger partial charge in [0, 0.05) is 44.1 Å². The maximum Gasteiger partial charge on any atom is 0.256 e. The van der Waals surface area contributed by atoms with Gasteiger partial charge < -0.3 is 9.80 Å². The summed E-state index contributed by atoms with van der Waals surface area (Å²) < 4.78 is 0. The predicted molar refractivity (Wildman–Crippen MR) is 96.2 cm³/mol. The zero-order valence-corrected chi connectivity index (χ0v) is 14.3. The Morgan fingerprint density at radius 3 is 2.79 bits per heavy atom. The first-order chi connectivity index (χ1) is 11.6. The lowest BCUT2D eigenvalue weighted by molar-refractivity contribution is 0.0704. The number of hydrogen-bond donors (Lipinski definition) is 0. The van der Waals surface area contributed by atoms with E-state index in [1.807, 2.05) is 38.4 Å². The third-order valence-corrected chi connectivity index (χ3v) is 5.34. The van der Waals surface area contributed by atoms with Crippen molar-refractivity contribution in [2.24, 2.45) is 5.92 Å². The second-order valence-corrected chi connectivity index (χ2v) is 7.13. The Morgan fingerprint density at radius 1 is 1.21 bits per heavy atom. The summed E-state index contributed by atoms with van der Waals surface area (Å²) in [5, 5.41) is 0. The highest BCUT2D eigenvalue weighted by Gasteiger charge is 2.40. The average molecular weight is 321 g/mol. The van der Waals surface area contributed by atoms with Crippen molar-refractivity contribution >= 4 is 11.6 Å². The highest BCUT2D eigenvalue weighted by Crippen LogP contribution is 2.38. The number of pyridine rings is 1. The highest BCUT2D eigenvalue weighted by atomic mass is 16.2. The molecule has 1 aromatic carbocycles. The van der Waals surface area contributed by atoms with Gasteiger partial charge in [-0.05, 0) is 49.4 Å². The van der Waals surface area contributed by atoms with Crippen LogP contribution in [0.1, 0.15) is 29.6 Å². The SMILES string of the molecule is CN(C)c1cccc(-c2ncccc2C(=O)N2C[C@H]3CC[C@@H]2C3)c1. The molecule has 1 aliphatic carbocycles. The summed E-state index contributed by atoms with van der Waals surface area (Å²) in [7, 11) is 4.04. The van der Waals surface area contributed by atoms with Gasteiger partial charge in [-0.1, -0.05) is 12.1 Å². The van der Waals surface area contributed by atoms with Crippen molar-refractivity contribution in [3.63, 3.8) is 0 Å². The molecule has 2 aromatic rings. The normalized spacial score (nSPS) is 22.0. The fraction of sp³-hybridized carbons (Fsp3) is 0.400. The number of aromatic nitrogens is 1. The number of anilines is 1. The molecule has 1 saturated carbocycles. The highest BCUT2D eigenvalue weighted by molar-refractivity contribution is 6.00. The molecule has 0 N–H and O–H groups in total. The lowest BCUT2D eigenvalue weighted by Crippen LogP contribution is -2.37. The number of fused-ring (bicyclic) bond motifs is 2. The van der Waals surface area contributed by atoms with Gasteiger partial charge in [0.1, 0.15) is 0 Å². The molecule has 2 heterocycles. The molecule has 2 atom stereocenters. The van der Waals surface area contributed by atoms with Crippen molar-refractivity contribution < 1.29 is 4.79 Å². The topological polar surface area (TPSA) is 36.4 Å². The van der Waals surface area contributed by atoms with Gasteiger partial charge in [0.15, 0.2) is 0 Å². The van der Waals surface area contributed by atoms with Crippen molar-refractivity contribution in [3.8, 4) is 11.3 Å². The Hall–Kier alpha value is -2.36. The Balaban J connectivity index is 1.70. The fourth-order valence-corrected chi connectivity index (χ4v) is 4.07. The molecule has 124 valence electrons. The Bertz CT molecular complexity index is 771. The molecular weight excluding hydrogens is 298 g/mol. The van der Waals surface area contributed by atoms with Crippen LogP contribution in [-0.4, -0.2) is 42.5 Å². The summed E-state index contributed by atoms with van der Waals surface area (Å²) in [6, 6.07) is 12.4. The van der Waals surface area contributed by atoms with Crippen LogP contribution in [0.15, 0.2) is 42.6 Å². The molecule has 4 nitrogen and oxygen atoms in total. The van der Waals surface area contributed by atoms with Crippen LogP contribution < -0.4 is 4.90 Å². The van der Waals surface area contributed by atoms with E-state index in [4.69, 9.17) is 0 Å². The first-order valence-corrected chi connectivity index (χ1v) is 8.67. The van der Waals surface area contributed by atoms with Crippen LogP contribution in [0.3, 0.4) is 0 Å². The van der Waals surface area contributed by atoms with Crippen molar-refractivity contribution in [2.75, 3.05) is 25.5 Å². The molecule has 24 heavy (non-hydrogen) atoms. The molecule has 4 heteroatoms. The van der Waals surface area contributed by atoms with E-state index < -0.39 is 0 Å². The molecule has 0 spiro atoms. The minimum absolute atomic E-state index is 0.139. The lowest BCUT2D eigenvalue weighted by Gasteiger charge is -2.27. The number of rotatable bonds is 3. The number of hydrogen-bond acceptors (Lipinski definition) is 3. The monoisotopic (exact) mass is 321 g/mol. The van der Waals surface area contributed by atoms with Gasteiger partial charge in [0.05, 0.1) is 11.3 Å². The van der Waals surface area contributed by atoms with E-state index in [2.05, 4.69) is 26.9 Å². The van der Waals surface area contributed by atoms with Crippen LogP contribution in [0.5, 0.6) is 0 Å². The van der Waals surface area contributed by atoms with Crippen molar-refractivity contribution in [1.29, 1.82) is 0 Å². The summed E-state index contributed by atoms with van der Waals surface area (Å²) in [4.78, 5) is 21.8. The Morgan fingerprint density at radius 2 is 2.08 bits per heavy atom. The lowest BCUT2D eigenvalue weighted by atomic mass is 10.0. The molecule has 1 aromatic heterocycles. The van der Waals surface area contributed by atoms with Gasteiger partial charge in [-0.15, -0.1) is 0 Å². The summed E-state index contributed by atoms with van der Waals surface area (Å²) in [5.41, 5.74) is 3.61. The van der Waals surface area contributed by atoms with E-state index in [0.29, 0.717) is 12.0 Å². The smallest absolute Gasteiger partial charge is 0.256 e. The number of benzene rings is 1. The zero-order valence-electron chi connectivity index (χ0n) is 14.3. The van der Waals surface area contributed by atoms with Crippen LogP contribution >= 0.6 is 0 Å². The predicted octanol–water partition coefficient (Wildman–Crippen LogP) is 3.44. The molecule has 2 fully saturated rings. The molecule has 2 bridgehead atoms. The number of nitrogens with zero attached hydrogens (tertiary/aromatic N) is 3. The van der Waals surface area contributed by atoms with Gasteiger partial charge in [0.2, 0.25) is 0 Å². The second-order valence-electron chi connectivity index (χ2n) is 7.13. The molecular formula is C20H23N3O. The molecule has 1 saturated heterocycles. The summed E-state index contributed by atoms with van der Waals surface area (Å²) in [5.74, 6) is 0.844. The van der Waals surface area contributed by atoms with Gasteiger partial charge in [-0.2, -0.15) is 0 Å². The van der Waals surface area contributed by atoms with E-state index >= 15 is 0 Å². The number of amides is 1. The van der Waals surface area contributed by atoms with Crippen LogP contribution in [0.4, 0.5) is 5.69 Å². The molecule has 1 aliphatic heterocycles. The Labute approximate surface area is 143 Å². The van der Waals surface area contributed by atoms with E-state index in [0.717, 1.165) is 35.5 Å². The zero-order chi connectivity index (χ0) is 16.7. The van der Waals surface area contributed by atoms with Crippen molar-refractivity contribution in [3.05, 3.63) is 48.2 Å². The molecule has 0 unspecified atom stereocenters. The van der Waals surface area contributed by atoms with Gasteiger partial charge in [0.25, 0.3) is 5.91 Å². The number of carbonyl (C=O) groups excluding carboxylic acids is 1. The van der Waals surface area contributed by atoms with E-state index in [1.165, 1.54) is 12.8 Å². The minimum atomic E-state index is 0.139. The van der Waals surface area contributed by atoms with Crippen LogP contribution in [0.25, 0.3) is 11.3 Å². The molecule has 1 amide bonds. The van der Waals surface area contributed by atoms with Gasteiger partial charge in [-0.3, -0.25) is 9.78 Å². The van der Waals surface area contributed by atoms with Crippen LogP contribution in [0, 0.1) is 5.92 Å². The summed E-state index contributed by atoms with van der Waals surface area (Å²) >= 11 is 0. The van der Waals surface area contributed by atoms with Crippen LogP contribution in [0.2, 0.25) is 0 Å². The first-order valence-electron chi connectivity index (χ1n) is 8.67.